The number of anilines is 3. The molecule has 0 fully saturated rings. The normalized spacial score (nSPS) is 9.81. The van der Waals surface area contributed by atoms with E-state index >= 15 is 0 Å². The number of thioether (sulfide) groups is 1. The molecule has 117 heavy (non-hydrogen) atoms. The Hall–Kier alpha value is -7.96. The Kier molecular flexibility index (Phi) is 56.2. The summed E-state index contributed by atoms with van der Waals surface area (Å²) in [5.41, 5.74) is 22.1. The summed E-state index contributed by atoms with van der Waals surface area (Å²) < 4.78 is 90.8. The SMILES string of the molecule is C=C(C)B(F)F.C=C(C)c1cc(OC)c(OC)cc1[N+](=O)[O-].CCOC(=S)Sc1cc(OC)c(OC)cc1C(C)C.COc1cc(Br)c([N+](=O)[O-])cc1OC.COc1cc(N)c(C(C)C)cc1OC.COc1cc(S)c(C(C)C)cc1OC.COc1cc(Sc2cnc(N)[nH]c2=O)c(C(C)C)cc1OC.Cl.Nc1ncc(Br)c(=O)[nH]1.[F-].[K+]. The van der Waals surface area contributed by atoms with Gasteiger partial charge < -0.3 is 83.5 Å². The minimum Gasteiger partial charge on any atom is -1.00 e. The molecular weight excluding hydrogens is 1790 g/mol. The van der Waals surface area contributed by atoms with E-state index in [0.29, 0.717) is 99.7 Å². The number of benzene rings is 6. The molecule has 0 bridgehead atoms. The predicted molar refractivity (Wildman–Crippen MR) is 471 cm³/mol. The van der Waals surface area contributed by atoms with Gasteiger partial charge in [-0.3, -0.25) is 48.4 Å². The third-order valence-electron chi connectivity index (χ3n) is 15.1. The van der Waals surface area contributed by atoms with E-state index in [9.17, 15) is 38.4 Å². The van der Waals surface area contributed by atoms with Gasteiger partial charge in [0.05, 0.1) is 141 Å². The molecule has 0 amide bonds. The summed E-state index contributed by atoms with van der Waals surface area (Å²) in [4.78, 5) is 58.8. The average molecular weight is 1890 g/mol. The van der Waals surface area contributed by atoms with Crippen molar-refractivity contribution in [3.05, 3.63) is 182 Å². The molecule has 0 unspecified atom stereocenters. The van der Waals surface area contributed by atoms with Gasteiger partial charge in [0.2, 0.25) is 4.38 Å². The summed E-state index contributed by atoms with van der Waals surface area (Å²) >= 11 is 18.4. The van der Waals surface area contributed by atoms with Gasteiger partial charge in [-0.25, -0.2) is 9.97 Å². The van der Waals surface area contributed by atoms with Gasteiger partial charge in [-0.15, -0.1) is 31.6 Å². The first-order valence-electron chi connectivity index (χ1n) is 34.0. The number of H-pyrrole nitrogens is 2. The van der Waals surface area contributed by atoms with E-state index in [1.165, 1.54) is 101 Å². The molecule has 0 aliphatic heterocycles. The molecule has 0 aliphatic rings. The van der Waals surface area contributed by atoms with Crippen LogP contribution in [0.2, 0.25) is 0 Å². The predicted octanol–water partition coefficient (Wildman–Crippen LogP) is 13.5. The van der Waals surface area contributed by atoms with Crippen molar-refractivity contribution >= 4 is 139 Å². The number of allylic oxidation sites excluding steroid dienone is 2. The zero-order chi connectivity index (χ0) is 87.1. The Morgan fingerprint density at radius 1 is 0.521 bits per heavy atom. The van der Waals surface area contributed by atoms with Crippen molar-refractivity contribution in [2.75, 3.05) is 109 Å². The minimum atomic E-state index is -2.34. The molecule has 0 radical (unpaired) electrons. The maximum atomic E-state index is 12.0. The van der Waals surface area contributed by atoms with Crippen LogP contribution in [-0.4, -0.2) is 133 Å². The Labute approximate surface area is 766 Å². The fraction of sp³-hybridized carbons (Fsp3) is 0.364. The Balaban J connectivity index is -0.00000129. The van der Waals surface area contributed by atoms with Crippen molar-refractivity contribution in [2.45, 2.75) is 119 Å². The Bertz CT molecular complexity index is 4540. The summed E-state index contributed by atoms with van der Waals surface area (Å²) in [5, 5.41) is 21.4. The van der Waals surface area contributed by atoms with Gasteiger partial charge in [-0.1, -0.05) is 73.7 Å². The number of methoxy groups -OCH3 is 12. The number of nitrogens with two attached hydrogens (primary N) is 3. The maximum absolute atomic E-state index is 12.0. The molecule has 2 heterocycles. The van der Waals surface area contributed by atoms with Crippen LogP contribution in [0.1, 0.15) is 128 Å². The zero-order valence-corrected chi connectivity index (χ0v) is 80.3. The molecule has 0 atom stereocenters. The molecular formula is C77H103BBr2ClF3KN9O19S4. The van der Waals surface area contributed by atoms with Gasteiger partial charge >= 0.3 is 58.7 Å². The van der Waals surface area contributed by atoms with Crippen molar-refractivity contribution < 1.29 is 136 Å². The van der Waals surface area contributed by atoms with Crippen molar-refractivity contribution in [1.29, 1.82) is 0 Å². The number of aromatic amines is 2. The second-order valence-corrected chi connectivity index (χ2v) is 29.2. The molecule has 8 aromatic rings. The van der Waals surface area contributed by atoms with Gasteiger partial charge in [-0.2, -0.15) is 0 Å². The molecule has 0 aliphatic carbocycles. The number of nitrogens with one attached hydrogen (secondary N) is 2. The fourth-order valence-corrected chi connectivity index (χ4v) is 12.6. The Morgan fingerprint density at radius 3 is 1.21 bits per heavy atom. The van der Waals surface area contributed by atoms with Gasteiger partial charge in [0, 0.05) is 32.5 Å². The van der Waals surface area contributed by atoms with Crippen molar-refractivity contribution in [2.24, 2.45) is 0 Å². The summed E-state index contributed by atoms with van der Waals surface area (Å²) in [7, 11) is 16.4. The molecule has 40 heteroatoms. The minimum absolute atomic E-state index is 0. The van der Waals surface area contributed by atoms with E-state index in [-0.39, 0.29) is 114 Å². The van der Waals surface area contributed by atoms with Crippen LogP contribution in [0.5, 0.6) is 69.0 Å². The molecule has 0 saturated heterocycles. The van der Waals surface area contributed by atoms with Crippen molar-refractivity contribution in [1.82, 2.24) is 19.9 Å². The first-order chi connectivity index (χ1) is 53.6. The second-order valence-electron chi connectivity index (χ2n) is 24.3. The number of hydrogen-bond acceptors (Lipinski definition) is 28. The maximum Gasteiger partial charge on any atom is 1.00 e. The van der Waals surface area contributed by atoms with Crippen LogP contribution in [0.3, 0.4) is 0 Å². The van der Waals surface area contributed by atoms with Crippen LogP contribution >= 0.6 is 92.6 Å². The van der Waals surface area contributed by atoms with Crippen LogP contribution in [0, 0.1) is 20.2 Å². The standard InChI is InChI=1S/C15H19N3O3S.C14H20O3S2.C11H13NO4.C11H17NO2.C11H16O2S.C8H8BrNO4.C4H4BrN3O.C3H5BF2.ClH.FH.K/c1-8(2)9-5-10(20-3)11(21-4)6-12(9)22-13-7-17-15(16)18-14(13)19;1-6-17-14(18)19-13-8-12(16-5)11(15-4)7-10(13)9(2)3;1-7(2)8-5-10(15-3)11(16-4)6-9(8)12(13)14;1-7(2)8-5-10(13-3)11(14-4)6-9(8)12;1-7(2)8-5-9(12-3)10(13-4)6-11(8)14;1-13-7-3-5(9)6(10(11)12)4-8(7)14-2;5-2-1-7-4(6)8-3(2)9;1-3(2)4(5)6;;;/h5-8H,1-4H3,(H3,16,17,18,19);7-9H,6H2,1-5H3;5-6H,1H2,2-4H3;5-7H,12H2,1-4H3;5-7,14H,1-4H3;3-4H,1-2H3;1H,(H3,6,7,8,9);1H2,2H3;2*1H;/q;;;;;;;;;;+1/p-1. The molecule has 8 rings (SSSR count). The van der Waals surface area contributed by atoms with Gasteiger partial charge in [0.25, 0.3) is 22.5 Å². The average Bonchev–Trinajstić information content (AvgIpc) is 0.825. The van der Waals surface area contributed by atoms with Crippen LogP contribution in [0.4, 0.5) is 37.6 Å². The molecule has 28 nitrogen and oxygen atoms in total. The van der Waals surface area contributed by atoms with Crippen molar-refractivity contribution in [3.63, 3.8) is 0 Å². The summed E-state index contributed by atoms with van der Waals surface area (Å²) in [5.74, 6) is 8.86. The van der Waals surface area contributed by atoms with Crippen LogP contribution in [0.15, 0.2) is 142 Å². The monoisotopic (exact) mass is 1890 g/mol. The zero-order valence-electron chi connectivity index (χ0n) is 69.8. The Morgan fingerprint density at radius 2 is 0.846 bits per heavy atom. The molecule has 6 aromatic carbocycles. The molecule has 8 N–H and O–H groups in total. The van der Waals surface area contributed by atoms with Gasteiger partial charge in [0.1, 0.15) is 4.47 Å². The quantitative estimate of drug-likeness (QED) is 0.00622. The fourth-order valence-electron chi connectivity index (χ4n) is 9.15. The van der Waals surface area contributed by atoms with Crippen LogP contribution in [0.25, 0.3) is 5.57 Å². The van der Waals surface area contributed by atoms with E-state index in [1.807, 2.05) is 49.4 Å². The molecule has 0 spiro atoms. The van der Waals surface area contributed by atoms with Crippen LogP contribution < -0.4 is 141 Å². The largest absolute Gasteiger partial charge is 1.00 e. The number of nitrogens with zero attached hydrogens (tertiary/aromatic N) is 4. The third kappa shape index (κ3) is 37.1. The number of nitrogen functional groups attached to an aromatic ring is 3. The van der Waals surface area contributed by atoms with E-state index in [4.69, 9.17) is 91.0 Å². The smallest absolute Gasteiger partial charge is 1.00 e. The van der Waals surface area contributed by atoms with E-state index in [1.54, 1.807) is 75.9 Å². The number of hydrogen-bond donors (Lipinski definition) is 6. The van der Waals surface area contributed by atoms with E-state index in [0.717, 1.165) is 54.5 Å². The second kappa shape index (κ2) is 58.0. The number of nitro groups is 2. The van der Waals surface area contributed by atoms with E-state index in [2.05, 4.69) is 133 Å². The molecule has 0 saturated carbocycles. The summed E-state index contributed by atoms with van der Waals surface area (Å²) in [6.07, 6.45) is 2.83. The number of rotatable bonds is 24. The topological polar surface area (TPSA) is 376 Å². The number of nitro benzene ring substituents is 2. The molecule has 640 valence electrons. The molecule has 2 aromatic heterocycles. The number of aromatic nitrogens is 4. The number of ether oxygens (including phenoxy) is 13. The van der Waals surface area contributed by atoms with Crippen molar-refractivity contribution in [3.8, 4) is 69.0 Å². The number of thiol groups is 1. The van der Waals surface area contributed by atoms with Crippen LogP contribution in [-0.2, 0) is 4.74 Å². The first-order valence-corrected chi connectivity index (χ1v) is 38.1. The number of thiocarbonyl (C=S) groups is 1. The summed E-state index contributed by atoms with van der Waals surface area (Å²) in [6, 6.07) is 21.0. The van der Waals surface area contributed by atoms with E-state index < -0.39 is 17.1 Å². The van der Waals surface area contributed by atoms with Gasteiger partial charge in [-0.05, 0) is 182 Å². The third-order valence-corrected chi connectivity index (χ3v) is 19.0. The van der Waals surface area contributed by atoms with Gasteiger partial charge in [0.15, 0.2) is 80.9 Å². The summed E-state index contributed by atoms with van der Waals surface area (Å²) in [6.45, 7) is 29.1. The number of halogens is 6. The first kappa shape index (κ1) is 113.